The maximum absolute atomic E-state index is 12.5. The maximum Gasteiger partial charge on any atom is 0.407 e. The lowest BCUT2D eigenvalue weighted by molar-refractivity contribution is -0.181. The zero-order chi connectivity index (χ0) is 20.7. The number of fused-ring (bicyclic) bond motifs is 3. The van der Waals surface area contributed by atoms with E-state index >= 15 is 0 Å². The number of hydrogen-bond acceptors (Lipinski definition) is 4. The molecule has 1 heterocycles. The summed E-state index contributed by atoms with van der Waals surface area (Å²) in [5, 5.41) is 12.1. The lowest BCUT2D eigenvalue weighted by atomic mass is 9.66. The summed E-state index contributed by atoms with van der Waals surface area (Å²) in [7, 11) is 0. The molecule has 1 amide bonds. The second kappa shape index (κ2) is 7.43. The van der Waals surface area contributed by atoms with Crippen molar-refractivity contribution < 1.29 is 24.2 Å². The quantitative estimate of drug-likeness (QED) is 0.802. The first-order valence-corrected chi connectivity index (χ1v) is 10.5. The molecule has 2 N–H and O–H groups in total. The first-order chi connectivity index (χ1) is 14.5. The van der Waals surface area contributed by atoms with E-state index in [1.54, 1.807) is 0 Å². The molecular weight excluding hydrogens is 382 g/mol. The Morgan fingerprint density at radius 3 is 2.30 bits per heavy atom. The fourth-order valence-electron chi connectivity index (χ4n) is 5.26. The first-order valence-electron chi connectivity index (χ1n) is 10.5. The molecule has 30 heavy (non-hydrogen) atoms. The fraction of sp³-hybridized carbons (Fsp3) is 0.417. The van der Waals surface area contributed by atoms with Crippen LogP contribution in [-0.4, -0.2) is 42.0 Å². The molecule has 6 heteroatoms. The van der Waals surface area contributed by atoms with Crippen molar-refractivity contribution >= 4 is 12.1 Å². The summed E-state index contributed by atoms with van der Waals surface area (Å²) in [6, 6.07) is 16.5. The van der Waals surface area contributed by atoms with Crippen LogP contribution in [0.1, 0.15) is 42.7 Å². The van der Waals surface area contributed by atoms with Gasteiger partial charge in [0.25, 0.3) is 0 Å². The van der Waals surface area contributed by atoms with Crippen molar-refractivity contribution in [1.29, 1.82) is 0 Å². The van der Waals surface area contributed by atoms with Gasteiger partial charge >= 0.3 is 12.1 Å². The Kier molecular flexibility index (Phi) is 4.74. The Labute approximate surface area is 175 Å². The van der Waals surface area contributed by atoms with E-state index in [-0.39, 0.29) is 24.5 Å². The lowest BCUT2D eigenvalue weighted by Gasteiger charge is -2.50. The van der Waals surface area contributed by atoms with E-state index in [0.717, 1.165) is 0 Å². The highest BCUT2D eigenvalue weighted by atomic mass is 16.5. The Morgan fingerprint density at radius 2 is 1.67 bits per heavy atom. The monoisotopic (exact) mass is 407 g/mol. The van der Waals surface area contributed by atoms with Gasteiger partial charge in [0.2, 0.25) is 0 Å². The van der Waals surface area contributed by atoms with Gasteiger partial charge in [-0.15, -0.1) is 0 Å². The van der Waals surface area contributed by atoms with E-state index in [0.29, 0.717) is 32.3 Å². The van der Waals surface area contributed by atoms with E-state index in [1.807, 2.05) is 24.3 Å². The lowest BCUT2D eigenvalue weighted by Crippen LogP contribution is -2.56. The van der Waals surface area contributed by atoms with Crippen LogP contribution in [0, 0.1) is 5.92 Å². The van der Waals surface area contributed by atoms with Crippen LogP contribution < -0.4 is 5.32 Å². The van der Waals surface area contributed by atoms with E-state index in [9.17, 15) is 9.59 Å². The molecular formula is C24H25NO5. The fourth-order valence-corrected chi connectivity index (χ4v) is 5.26. The largest absolute Gasteiger partial charge is 0.481 e. The molecule has 2 aromatic carbocycles. The highest BCUT2D eigenvalue weighted by molar-refractivity contribution is 5.79. The molecule has 1 spiro atoms. The van der Waals surface area contributed by atoms with Crippen LogP contribution in [0.15, 0.2) is 48.5 Å². The average molecular weight is 407 g/mol. The van der Waals surface area contributed by atoms with Crippen molar-refractivity contribution in [2.24, 2.45) is 5.92 Å². The van der Waals surface area contributed by atoms with Crippen molar-refractivity contribution in [3.05, 3.63) is 59.7 Å². The number of carbonyl (C=O) groups excluding carboxylic acids is 1. The van der Waals surface area contributed by atoms with E-state index < -0.39 is 17.7 Å². The highest BCUT2D eigenvalue weighted by Crippen LogP contribution is 2.47. The van der Waals surface area contributed by atoms with Crippen molar-refractivity contribution in [2.45, 2.75) is 43.2 Å². The zero-order valence-electron chi connectivity index (χ0n) is 16.7. The van der Waals surface area contributed by atoms with Crippen LogP contribution in [0.5, 0.6) is 0 Å². The Morgan fingerprint density at radius 1 is 1.03 bits per heavy atom. The predicted molar refractivity (Wildman–Crippen MR) is 110 cm³/mol. The first kappa shape index (κ1) is 19.1. The summed E-state index contributed by atoms with van der Waals surface area (Å²) in [5.41, 5.74) is 4.37. The molecule has 2 aromatic rings. The Balaban J connectivity index is 1.20. The van der Waals surface area contributed by atoms with E-state index in [1.165, 1.54) is 22.3 Å². The number of carboxylic acid groups (broad SMARTS) is 1. The van der Waals surface area contributed by atoms with Crippen LogP contribution in [0.25, 0.3) is 11.1 Å². The summed E-state index contributed by atoms with van der Waals surface area (Å²) in [4.78, 5) is 23.6. The van der Waals surface area contributed by atoms with Gasteiger partial charge < -0.3 is 19.9 Å². The number of alkyl carbamates (subject to hydrolysis) is 1. The van der Waals surface area contributed by atoms with Crippen molar-refractivity contribution in [2.75, 3.05) is 13.2 Å². The van der Waals surface area contributed by atoms with Gasteiger partial charge in [-0.2, -0.15) is 0 Å². The SMILES string of the molecule is O=C(NC1CCOC2(C1)CC(C(=O)O)C2)OCC1c2ccccc2-c2ccccc21. The zero-order valence-corrected chi connectivity index (χ0v) is 16.7. The van der Waals surface area contributed by atoms with Gasteiger partial charge in [0.1, 0.15) is 6.61 Å². The number of amides is 1. The maximum atomic E-state index is 12.5. The molecule has 5 rings (SSSR count). The summed E-state index contributed by atoms with van der Waals surface area (Å²) in [6.07, 6.45) is 1.97. The number of carboxylic acids is 1. The predicted octanol–water partition coefficient (Wildman–Crippen LogP) is 3.94. The van der Waals surface area contributed by atoms with Gasteiger partial charge in [-0.1, -0.05) is 48.5 Å². The van der Waals surface area contributed by atoms with Gasteiger partial charge in [0.05, 0.1) is 11.5 Å². The second-order valence-corrected chi connectivity index (χ2v) is 8.63. The number of nitrogens with one attached hydrogen (secondary N) is 1. The molecule has 1 atom stereocenters. The third-order valence-electron chi connectivity index (χ3n) is 6.74. The normalized spacial score (nSPS) is 27.1. The molecule has 6 nitrogen and oxygen atoms in total. The van der Waals surface area contributed by atoms with E-state index in [2.05, 4.69) is 29.6 Å². The van der Waals surface area contributed by atoms with E-state index in [4.69, 9.17) is 14.6 Å². The summed E-state index contributed by atoms with van der Waals surface area (Å²) in [5.74, 6) is -1.07. The number of rotatable bonds is 4. The highest BCUT2D eigenvalue weighted by Gasteiger charge is 2.51. The van der Waals surface area contributed by atoms with Gasteiger partial charge in [-0.3, -0.25) is 4.79 Å². The van der Waals surface area contributed by atoms with Crippen molar-refractivity contribution in [3.8, 4) is 11.1 Å². The average Bonchev–Trinajstić information content (AvgIpc) is 3.04. The third-order valence-corrected chi connectivity index (χ3v) is 6.74. The molecule has 2 aliphatic carbocycles. The molecule has 0 bridgehead atoms. The minimum absolute atomic E-state index is 0.0344. The second-order valence-electron chi connectivity index (χ2n) is 8.63. The molecule has 1 aliphatic heterocycles. The van der Waals surface area contributed by atoms with Crippen molar-refractivity contribution in [3.63, 3.8) is 0 Å². The standard InChI is InChI=1S/C24H25NO5/c26-22(27)15-11-24(12-15)13-16(9-10-30-24)25-23(28)29-14-21-19-7-3-1-5-17(19)18-6-2-4-8-20(18)21/h1-8,15-16,21H,9-14H2,(H,25,28)(H,26,27). The Hall–Kier alpha value is -2.86. The molecule has 2 fully saturated rings. The number of aliphatic carboxylic acids is 1. The number of ether oxygens (including phenoxy) is 2. The van der Waals surface area contributed by atoms with Crippen LogP contribution in [0.2, 0.25) is 0 Å². The molecule has 1 unspecified atom stereocenters. The number of carbonyl (C=O) groups is 2. The summed E-state index contributed by atoms with van der Waals surface area (Å²) >= 11 is 0. The molecule has 0 radical (unpaired) electrons. The third kappa shape index (κ3) is 3.35. The van der Waals surface area contributed by atoms with Crippen LogP contribution in [-0.2, 0) is 14.3 Å². The molecule has 3 aliphatic rings. The van der Waals surface area contributed by atoms with Crippen LogP contribution in [0.4, 0.5) is 4.79 Å². The summed E-state index contributed by atoms with van der Waals surface area (Å²) < 4.78 is 11.5. The minimum Gasteiger partial charge on any atom is -0.481 e. The van der Waals surface area contributed by atoms with Gasteiger partial charge in [0.15, 0.2) is 0 Å². The van der Waals surface area contributed by atoms with Crippen LogP contribution in [0.3, 0.4) is 0 Å². The van der Waals surface area contributed by atoms with Crippen LogP contribution >= 0.6 is 0 Å². The van der Waals surface area contributed by atoms with Gasteiger partial charge in [-0.25, -0.2) is 4.79 Å². The minimum atomic E-state index is -0.768. The molecule has 1 saturated carbocycles. The Bertz CT molecular complexity index is 936. The molecule has 156 valence electrons. The summed E-state index contributed by atoms with van der Waals surface area (Å²) in [6.45, 7) is 0.815. The molecule has 1 saturated heterocycles. The van der Waals surface area contributed by atoms with Gasteiger partial charge in [0, 0.05) is 18.6 Å². The number of hydrogen-bond donors (Lipinski definition) is 2. The van der Waals surface area contributed by atoms with Crippen molar-refractivity contribution in [1.82, 2.24) is 5.32 Å². The smallest absolute Gasteiger partial charge is 0.407 e. The van der Waals surface area contributed by atoms with Gasteiger partial charge in [-0.05, 0) is 47.9 Å². The topological polar surface area (TPSA) is 84.9 Å². The number of benzene rings is 2. The molecule has 0 aromatic heterocycles.